The smallest absolute Gasteiger partial charge is 0.277 e. The molecule has 0 spiro atoms. The molecule has 0 atom stereocenters. The second-order valence-electron chi connectivity index (χ2n) is 5.72. The van der Waals surface area contributed by atoms with Gasteiger partial charge in [-0.1, -0.05) is 0 Å². The number of carbonyl (C=O) groups excluding carboxylic acids is 1. The van der Waals surface area contributed by atoms with Gasteiger partial charge in [0.05, 0.1) is 25.6 Å². The number of hydrogen-bond acceptors (Lipinski definition) is 6. The van der Waals surface area contributed by atoms with E-state index in [-0.39, 0.29) is 5.91 Å². The van der Waals surface area contributed by atoms with Crippen LogP contribution in [-0.4, -0.2) is 34.9 Å². The quantitative estimate of drug-likeness (QED) is 0.742. The number of rotatable bonds is 5. The van der Waals surface area contributed by atoms with Gasteiger partial charge in [0.25, 0.3) is 5.91 Å². The van der Waals surface area contributed by atoms with Crippen LogP contribution < -0.4 is 14.8 Å². The summed E-state index contributed by atoms with van der Waals surface area (Å²) in [5.74, 6) is 1.07. The van der Waals surface area contributed by atoms with Gasteiger partial charge in [-0.25, -0.2) is 4.98 Å². The summed E-state index contributed by atoms with van der Waals surface area (Å²) in [7, 11) is 4.98. The zero-order chi connectivity index (χ0) is 18.8. The molecule has 136 valence electrons. The van der Waals surface area contributed by atoms with Crippen LogP contribution in [0.25, 0.3) is 11.3 Å². The van der Waals surface area contributed by atoms with E-state index < -0.39 is 0 Å². The molecule has 26 heavy (non-hydrogen) atoms. The van der Waals surface area contributed by atoms with Gasteiger partial charge in [0, 0.05) is 17.5 Å². The Morgan fingerprint density at radius 3 is 2.58 bits per heavy atom. The number of hydrogen-bond donors (Lipinski definition) is 1. The molecule has 0 saturated heterocycles. The number of nitrogens with one attached hydrogen (secondary N) is 1. The number of ether oxygens (including phenoxy) is 2. The summed E-state index contributed by atoms with van der Waals surface area (Å²) in [6.45, 7) is 3.88. The molecule has 8 heteroatoms. The highest BCUT2D eigenvalue weighted by Crippen LogP contribution is 2.33. The van der Waals surface area contributed by atoms with Gasteiger partial charge in [0.1, 0.15) is 11.5 Å². The summed E-state index contributed by atoms with van der Waals surface area (Å²) in [6.07, 6.45) is 0. The van der Waals surface area contributed by atoms with E-state index in [4.69, 9.17) is 9.47 Å². The van der Waals surface area contributed by atoms with Crippen LogP contribution in [0.3, 0.4) is 0 Å². The van der Waals surface area contributed by atoms with Gasteiger partial charge in [0.15, 0.2) is 10.8 Å². The number of amides is 1. The van der Waals surface area contributed by atoms with E-state index in [1.807, 2.05) is 32.0 Å². The maximum atomic E-state index is 12.5. The Morgan fingerprint density at radius 2 is 1.96 bits per heavy atom. The molecular formula is C18H20N4O3S. The first-order valence-electron chi connectivity index (χ1n) is 7.94. The van der Waals surface area contributed by atoms with Crippen molar-refractivity contribution in [3.63, 3.8) is 0 Å². The number of methoxy groups -OCH3 is 2. The Morgan fingerprint density at radius 1 is 1.19 bits per heavy atom. The number of anilines is 1. The minimum absolute atomic E-state index is 0.303. The molecule has 0 bridgehead atoms. The van der Waals surface area contributed by atoms with Gasteiger partial charge >= 0.3 is 0 Å². The van der Waals surface area contributed by atoms with Crippen LogP contribution in [0.1, 0.15) is 21.1 Å². The average molecular weight is 372 g/mol. The molecule has 3 rings (SSSR count). The fourth-order valence-corrected chi connectivity index (χ4v) is 3.34. The van der Waals surface area contributed by atoms with Gasteiger partial charge in [-0.3, -0.25) is 14.8 Å². The number of aromatic nitrogens is 3. The van der Waals surface area contributed by atoms with Crippen LogP contribution in [0.4, 0.5) is 5.13 Å². The van der Waals surface area contributed by atoms with Crippen LogP contribution in [-0.2, 0) is 7.05 Å². The number of benzene rings is 1. The molecule has 7 nitrogen and oxygen atoms in total. The second-order valence-corrected chi connectivity index (χ2v) is 6.92. The van der Waals surface area contributed by atoms with E-state index >= 15 is 0 Å². The fraction of sp³-hybridized carbons (Fsp3) is 0.278. The van der Waals surface area contributed by atoms with E-state index in [9.17, 15) is 4.79 Å². The molecule has 0 unspecified atom stereocenters. The lowest BCUT2D eigenvalue weighted by Crippen LogP contribution is -2.12. The Bertz CT molecular complexity index is 942. The Labute approximate surface area is 155 Å². The predicted molar refractivity (Wildman–Crippen MR) is 101 cm³/mol. The van der Waals surface area contributed by atoms with E-state index in [1.165, 1.54) is 11.3 Å². The first kappa shape index (κ1) is 17.9. The third-order valence-corrected chi connectivity index (χ3v) is 5.03. The monoisotopic (exact) mass is 372 g/mol. The maximum Gasteiger partial charge on any atom is 0.277 e. The van der Waals surface area contributed by atoms with Crippen LogP contribution in [0, 0.1) is 13.8 Å². The van der Waals surface area contributed by atoms with Crippen molar-refractivity contribution in [3.8, 4) is 22.8 Å². The topological polar surface area (TPSA) is 78.3 Å². The molecule has 0 fully saturated rings. The Kier molecular flexibility index (Phi) is 4.94. The molecule has 0 saturated carbocycles. The average Bonchev–Trinajstić information content (AvgIpc) is 3.16. The van der Waals surface area contributed by atoms with Crippen molar-refractivity contribution in [1.82, 2.24) is 14.8 Å². The van der Waals surface area contributed by atoms with Gasteiger partial charge in [-0.15, -0.1) is 11.3 Å². The van der Waals surface area contributed by atoms with Crippen LogP contribution in [0.5, 0.6) is 11.5 Å². The SMILES string of the molecule is COc1ccc(OC)c(-c2cc(C(=O)Nc3nc(C)c(C)s3)nn2C)c1. The van der Waals surface area contributed by atoms with Gasteiger partial charge in [-0.05, 0) is 38.1 Å². The summed E-state index contributed by atoms with van der Waals surface area (Å²) >= 11 is 1.44. The van der Waals surface area contributed by atoms with E-state index in [1.54, 1.807) is 32.0 Å². The van der Waals surface area contributed by atoms with Crippen LogP contribution in [0.2, 0.25) is 0 Å². The maximum absolute atomic E-state index is 12.5. The van der Waals surface area contributed by atoms with Crippen LogP contribution in [0.15, 0.2) is 24.3 Å². The second kappa shape index (κ2) is 7.17. The van der Waals surface area contributed by atoms with Crippen molar-refractivity contribution in [2.45, 2.75) is 13.8 Å². The number of aryl methyl sites for hydroxylation is 3. The minimum Gasteiger partial charge on any atom is -0.497 e. The molecule has 1 N–H and O–H groups in total. The lowest BCUT2D eigenvalue weighted by Gasteiger charge is -2.10. The standard InChI is InChI=1S/C18H20N4O3S/c1-10-11(2)26-18(19-10)20-17(23)14-9-15(22(3)21-14)13-8-12(24-4)6-7-16(13)25-5/h6-9H,1-5H3,(H,19,20,23). The number of thiazole rings is 1. The van der Waals surface area contributed by atoms with Crippen molar-refractivity contribution in [2.75, 3.05) is 19.5 Å². The van der Waals surface area contributed by atoms with Crippen molar-refractivity contribution in [2.24, 2.45) is 7.05 Å². The highest BCUT2D eigenvalue weighted by atomic mass is 32.1. The third kappa shape index (κ3) is 3.41. The number of nitrogens with zero attached hydrogens (tertiary/aromatic N) is 3. The Hall–Kier alpha value is -2.87. The predicted octanol–water partition coefficient (Wildman–Crippen LogP) is 3.43. The normalized spacial score (nSPS) is 10.7. The molecule has 0 aliphatic carbocycles. The zero-order valence-electron chi connectivity index (χ0n) is 15.3. The number of carbonyl (C=O) groups is 1. The molecule has 1 aromatic carbocycles. The van der Waals surface area contributed by atoms with Gasteiger partial charge < -0.3 is 9.47 Å². The molecule has 1 amide bonds. The first-order valence-corrected chi connectivity index (χ1v) is 8.76. The summed E-state index contributed by atoms with van der Waals surface area (Å²) in [5.41, 5.74) is 2.75. The highest BCUT2D eigenvalue weighted by Gasteiger charge is 2.18. The highest BCUT2D eigenvalue weighted by molar-refractivity contribution is 7.15. The molecule has 2 heterocycles. The molecular weight excluding hydrogens is 352 g/mol. The fourth-order valence-electron chi connectivity index (χ4n) is 2.53. The zero-order valence-corrected chi connectivity index (χ0v) is 16.1. The molecule has 2 aromatic heterocycles. The van der Waals surface area contributed by atoms with Crippen molar-refractivity contribution in [1.29, 1.82) is 0 Å². The first-order chi connectivity index (χ1) is 12.4. The van der Waals surface area contributed by atoms with E-state index in [2.05, 4.69) is 15.4 Å². The van der Waals surface area contributed by atoms with E-state index in [0.29, 0.717) is 22.3 Å². The molecule has 0 aliphatic rings. The van der Waals surface area contributed by atoms with Gasteiger partial charge in [-0.2, -0.15) is 5.10 Å². The lowest BCUT2D eigenvalue weighted by molar-refractivity contribution is 0.102. The van der Waals surface area contributed by atoms with Crippen molar-refractivity contribution in [3.05, 3.63) is 40.5 Å². The van der Waals surface area contributed by atoms with E-state index in [0.717, 1.165) is 21.8 Å². The molecule has 3 aromatic rings. The Balaban J connectivity index is 1.93. The lowest BCUT2D eigenvalue weighted by atomic mass is 10.1. The molecule has 0 radical (unpaired) electrons. The third-order valence-electron chi connectivity index (χ3n) is 4.04. The van der Waals surface area contributed by atoms with Crippen LogP contribution >= 0.6 is 11.3 Å². The summed E-state index contributed by atoms with van der Waals surface area (Å²) < 4.78 is 12.4. The summed E-state index contributed by atoms with van der Waals surface area (Å²) in [6, 6.07) is 7.21. The summed E-state index contributed by atoms with van der Waals surface area (Å²) in [4.78, 5) is 17.9. The minimum atomic E-state index is -0.303. The molecule has 0 aliphatic heterocycles. The van der Waals surface area contributed by atoms with Gasteiger partial charge in [0.2, 0.25) is 0 Å². The van der Waals surface area contributed by atoms with Crippen molar-refractivity contribution < 1.29 is 14.3 Å². The summed E-state index contributed by atoms with van der Waals surface area (Å²) in [5, 5.41) is 7.69. The largest absolute Gasteiger partial charge is 0.497 e. The van der Waals surface area contributed by atoms with Crippen molar-refractivity contribution >= 4 is 22.4 Å².